The van der Waals surface area contributed by atoms with E-state index < -0.39 is 0 Å². The second kappa shape index (κ2) is 14.5. The smallest absolute Gasteiger partial charge is 0.220 e. The molecule has 1 amide bonds. The van der Waals surface area contributed by atoms with Gasteiger partial charge in [-0.05, 0) is 30.5 Å². The average molecular weight is 448 g/mol. The molecule has 1 aromatic heterocycles. The quantitative estimate of drug-likeness (QED) is 0.236. The highest BCUT2D eigenvalue weighted by Gasteiger charge is 2.11. The first-order chi connectivity index (χ1) is 16.3. The van der Waals surface area contributed by atoms with Crippen LogP contribution in [0.15, 0.2) is 54.6 Å². The zero-order valence-electron chi connectivity index (χ0n) is 20.4. The maximum absolute atomic E-state index is 12.4. The van der Waals surface area contributed by atoms with Gasteiger partial charge in [-0.15, -0.1) is 0 Å². The van der Waals surface area contributed by atoms with Crippen LogP contribution in [-0.2, 0) is 24.3 Å². The lowest BCUT2D eigenvalue weighted by atomic mass is 10.1. The van der Waals surface area contributed by atoms with Crippen LogP contribution in [0.1, 0.15) is 88.9 Å². The fourth-order valence-electron chi connectivity index (χ4n) is 4.44. The van der Waals surface area contributed by atoms with Crippen molar-refractivity contribution in [2.75, 3.05) is 0 Å². The summed E-state index contributed by atoms with van der Waals surface area (Å²) in [5.41, 5.74) is 3.38. The van der Waals surface area contributed by atoms with Gasteiger partial charge in [0.05, 0.1) is 17.6 Å². The summed E-state index contributed by atoms with van der Waals surface area (Å²) >= 11 is 0. The molecule has 0 saturated heterocycles. The number of hydrogen-bond donors (Lipinski definition) is 1. The van der Waals surface area contributed by atoms with E-state index in [1.54, 1.807) is 0 Å². The van der Waals surface area contributed by atoms with E-state index in [1.165, 1.54) is 68.9 Å². The molecule has 3 aromatic rings. The Morgan fingerprint density at radius 1 is 0.818 bits per heavy atom. The van der Waals surface area contributed by atoms with Crippen molar-refractivity contribution in [3.05, 3.63) is 66.0 Å². The largest absolute Gasteiger partial charge is 0.349 e. The fraction of sp³-hybridized carbons (Fsp3) is 0.517. The van der Waals surface area contributed by atoms with E-state index in [9.17, 15) is 4.79 Å². The van der Waals surface area contributed by atoms with E-state index in [-0.39, 0.29) is 5.91 Å². The molecule has 0 fully saturated rings. The van der Waals surface area contributed by atoms with Crippen LogP contribution in [0.2, 0.25) is 0 Å². The number of para-hydroxylation sites is 2. The van der Waals surface area contributed by atoms with Crippen LogP contribution in [0.5, 0.6) is 0 Å². The predicted molar refractivity (Wildman–Crippen MR) is 138 cm³/mol. The molecule has 2 aromatic carbocycles. The summed E-state index contributed by atoms with van der Waals surface area (Å²) in [7, 11) is 0. The Kier molecular flexibility index (Phi) is 11.0. The zero-order valence-corrected chi connectivity index (χ0v) is 20.4. The van der Waals surface area contributed by atoms with Crippen molar-refractivity contribution < 1.29 is 4.79 Å². The van der Waals surface area contributed by atoms with Crippen molar-refractivity contribution >= 4 is 16.9 Å². The predicted octanol–water partition coefficient (Wildman–Crippen LogP) is 7.21. The van der Waals surface area contributed by atoms with Crippen molar-refractivity contribution in [1.29, 1.82) is 0 Å². The average Bonchev–Trinajstić information content (AvgIpc) is 3.20. The third kappa shape index (κ3) is 8.68. The molecule has 4 heteroatoms. The summed E-state index contributed by atoms with van der Waals surface area (Å²) in [6.07, 6.45) is 14.6. The maximum Gasteiger partial charge on any atom is 0.220 e. The Hall–Kier alpha value is -2.62. The summed E-state index contributed by atoms with van der Waals surface area (Å²) in [4.78, 5) is 17.2. The van der Waals surface area contributed by atoms with Gasteiger partial charge in [0.15, 0.2) is 0 Å². The number of aromatic nitrogens is 2. The molecule has 0 aliphatic carbocycles. The lowest BCUT2D eigenvalue weighted by Crippen LogP contribution is -2.25. The van der Waals surface area contributed by atoms with Crippen LogP contribution < -0.4 is 5.32 Å². The molecule has 0 unspecified atom stereocenters. The standard InChI is InChI=1S/C29H41N3O/c1-2-3-4-5-6-7-8-9-10-16-23-32-27-20-15-14-19-26(27)31-28(32)24-30-29(33)22-21-25-17-12-11-13-18-25/h11-15,17-20H,2-10,16,21-24H2,1H3,(H,30,33). The van der Waals surface area contributed by atoms with Crippen LogP contribution in [0.3, 0.4) is 0 Å². The molecule has 3 rings (SSSR count). The molecule has 0 spiro atoms. The van der Waals surface area contributed by atoms with Crippen LogP contribution in [0.25, 0.3) is 11.0 Å². The Labute approximate surface area is 199 Å². The number of rotatable bonds is 16. The van der Waals surface area contributed by atoms with E-state index in [0.29, 0.717) is 13.0 Å². The van der Waals surface area contributed by atoms with Crippen molar-refractivity contribution in [2.45, 2.75) is 97.1 Å². The molecule has 0 radical (unpaired) electrons. The van der Waals surface area contributed by atoms with Gasteiger partial charge < -0.3 is 9.88 Å². The van der Waals surface area contributed by atoms with Crippen molar-refractivity contribution in [3.63, 3.8) is 0 Å². The van der Waals surface area contributed by atoms with Crippen molar-refractivity contribution in [2.24, 2.45) is 0 Å². The number of amides is 1. The second-order valence-electron chi connectivity index (χ2n) is 9.11. The lowest BCUT2D eigenvalue weighted by molar-refractivity contribution is -0.121. The number of nitrogens with zero attached hydrogens (tertiary/aromatic N) is 2. The molecule has 0 aliphatic heterocycles. The molecule has 4 nitrogen and oxygen atoms in total. The monoisotopic (exact) mass is 447 g/mol. The number of nitrogens with one attached hydrogen (secondary N) is 1. The molecule has 33 heavy (non-hydrogen) atoms. The Morgan fingerprint density at radius 2 is 1.45 bits per heavy atom. The van der Waals surface area contributed by atoms with Gasteiger partial charge in [0.2, 0.25) is 5.91 Å². The van der Waals surface area contributed by atoms with Gasteiger partial charge in [-0.3, -0.25) is 4.79 Å². The number of aryl methyl sites for hydroxylation is 2. The van der Waals surface area contributed by atoms with Gasteiger partial charge in [0.1, 0.15) is 5.82 Å². The molecule has 0 atom stereocenters. The number of imidazole rings is 1. The van der Waals surface area contributed by atoms with E-state index in [1.807, 2.05) is 24.3 Å². The molecular formula is C29H41N3O. The number of carbonyl (C=O) groups excluding carboxylic acids is 1. The topological polar surface area (TPSA) is 46.9 Å². The van der Waals surface area contributed by atoms with Crippen LogP contribution in [0, 0.1) is 0 Å². The highest BCUT2D eigenvalue weighted by Crippen LogP contribution is 2.18. The molecule has 0 saturated carbocycles. The first kappa shape index (κ1) is 25.0. The molecule has 0 aliphatic rings. The van der Waals surface area contributed by atoms with E-state index in [0.717, 1.165) is 30.7 Å². The number of unbranched alkanes of at least 4 members (excludes halogenated alkanes) is 9. The van der Waals surface area contributed by atoms with Crippen LogP contribution >= 0.6 is 0 Å². The zero-order chi connectivity index (χ0) is 23.1. The number of carbonyl (C=O) groups is 1. The molecule has 178 valence electrons. The second-order valence-corrected chi connectivity index (χ2v) is 9.11. The molecular weight excluding hydrogens is 406 g/mol. The van der Waals surface area contributed by atoms with E-state index in [4.69, 9.17) is 4.98 Å². The van der Waals surface area contributed by atoms with Gasteiger partial charge in [-0.25, -0.2) is 4.98 Å². The van der Waals surface area contributed by atoms with Crippen molar-refractivity contribution in [1.82, 2.24) is 14.9 Å². The fourth-order valence-corrected chi connectivity index (χ4v) is 4.44. The molecule has 1 heterocycles. The SMILES string of the molecule is CCCCCCCCCCCCn1c(CNC(=O)CCc2ccccc2)nc2ccccc21. The minimum atomic E-state index is 0.0800. The number of benzene rings is 2. The van der Waals surface area contributed by atoms with Gasteiger partial charge in [0.25, 0.3) is 0 Å². The third-order valence-corrected chi connectivity index (χ3v) is 6.40. The minimum Gasteiger partial charge on any atom is -0.349 e. The normalized spacial score (nSPS) is 11.2. The summed E-state index contributed by atoms with van der Waals surface area (Å²) in [5, 5.41) is 3.09. The molecule has 1 N–H and O–H groups in total. The van der Waals surface area contributed by atoms with Gasteiger partial charge in [-0.2, -0.15) is 0 Å². The number of hydrogen-bond acceptors (Lipinski definition) is 2. The number of fused-ring (bicyclic) bond motifs is 1. The van der Waals surface area contributed by atoms with E-state index >= 15 is 0 Å². The Bertz CT molecular complexity index is 948. The van der Waals surface area contributed by atoms with Crippen LogP contribution in [-0.4, -0.2) is 15.5 Å². The van der Waals surface area contributed by atoms with Gasteiger partial charge in [0, 0.05) is 13.0 Å². The third-order valence-electron chi connectivity index (χ3n) is 6.40. The van der Waals surface area contributed by atoms with Crippen molar-refractivity contribution in [3.8, 4) is 0 Å². The summed E-state index contributed by atoms with van der Waals surface area (Å²) in [6.45, 7) is 3.72. The highest BCUT2D eigenvalue weighted by atomic mass is 16.1. The summed E-state index contributed by atoms with van der Waals surface area (Å²) in [5.74, 6) is 1.04. The molecule has 0 bridgehead atoms. The van der Waals surface area contributed by atoms with E-state index in [2.05, 4.69) is 47.1 Å². The van der Waals surface area contributed by atoms with Crippen LogP contribution in [0.4, 0.5) is 0 Å². The summed E-state index contributed by atoms with van der Waals surface area (Å²) < 4.78 is 2.30. The van der Waals surface area contributed by atoms with Gasteiger partial charge in [-0.1, -0.05) is 107 Å². The highest BCUT2D eigenvalue weighted by molar-refractivity contribution is 5.77. The summed E-state index contributed by atoms with van der Waals surface area (Å²) in [6, 6.07) is 18.5. The maximum atomic E-state index is 12.4. The first-order valence-electron chi connectivity index (χ1n) is 13.0. The minimum absolute atomic E-state index is 0.0800. The Balaban J connectivity index is 1.43. The Morgan fingerprint density at radius 3 is 2.18 bits per heavy atom. The lowest BCUT2D eigenvalue weighted by Gasteiger charge is -2.10. The first-order valence-corrected chi connectivity index (χ1v) is 13.0. The van der Waals surface area contributed by atoms with Gasteiger partial charge >= 0.3 is 0 Å².